The van der Waals surface area contributed by atoms with Gasteiger partial charge in [-0.3, -0.25) is 14.7 Å². The van der Waals surface area contributed by atoms with Crippen LogP contribution in [0.25, 0.3) is 0 Å². The molecule has 1 aliphatic heterocycles. The number of hydrogen-bond acceptors (Lipinski definition) is 4. The number of anilines is 1. The number of nitrogens with one attached hydrogen (secondary N) is 4. The molecule has 2 heterocycles. The van der Waals surface area contributed by atoms with Crippen molar-refractivity contribution in [1.29, 1.82) is 0 Å². The molecule has 0 atom stereocenters. The van der Waals surface area contributed by atoms with Crippen molar-refractivity contribution in [2.75, 3.05) is 18.4 Å². The van der Waals surface area contributed by atoms with Gasteiger partial charge in [0.15, 0.2) is 5.69 Å². The van der Waals surface area contributed by atoms with Gasteiger partial charge in [-0.1, -0.05) is 18.2 Å². The van der Waals surface area contributed by atoms with Crippen molar-refractivity contribution in [1.82, 2.24) is 20.8 Å². The van der Waals surface area contributed by atoms with Crippen LogP contribution in [0.2, 0.25) is 0 Å². The van der Waals surface area contributed by atoms with E-state index in [1.54, 1.807) is 12.1 Å². The van der Waals surface area contributed by atoms with Crippen LogP contribution in [0.4, 0.5) is 5.69 Å². The fourth-order valence-electron chi connectivity index (χ4n) is 2.38. The lowest BCUT2D eigenvalue weighted by Gasteiger charge is -2.12. The van der Waals surface area contributed by atoms with E-state index in [9.17, 15) is 9.59 Å². The maximum absolute atomic E-state index is 12.1. The second kappa shape index (κ2) is 6.40. The molecule has 0 aliphatic carbocycles. The molecule has 0 bridgehead atoms. The third kappa shape index (κ3) is 3.15. The Morgan fingerprint density at radius 3 is 2.86 bits per heavy atom. The van der Waals surface area contributed by atoms with Crippen LogP contribution in [0, 0.1) is 0 Å². The van der Waals surface area contributed by atoms with Gasteiger partial charge in [0.2, 0.25) is 5.91 Å². The Labute approximate surface area is 127 Å². The summed E-state index contributed by atoms with van der Waals surface area (Å²) in [6.07, 6.45) is 0.824. The molecule has 1 aromatic heterocycles. The summed E-state index contributed by atoms with van der Waals surface area (Å²) < 4.78 is 0. The predicted molar refractivity (Wildman–Crippen MR) is 81.4 cm³/mol. The zero-order chi connectivity index (χ0) is 15.4. The number of hydrogen-bond donors (Lipinski definition) is 4. The lowest BCUT2D eigenvalue weighted by atomic mass is 10.1. The third-order valence-corrected chi connectivity index (χ3v) is 3.49. The molecular formula is C15H17N5O2. The number of aromatic amines is 1. The van der Waals surface area contributed by atoms with E-state index in [4.69, 9.17) is 0 Å². The summed E-state index contributed by atoms with van der Waals surface area (Å²) in [6, 6.07) is 9.10. The Morgan fingerprint density at radius 1 is 1.23 bits per heavy atom. The first kappa shape index (κ1) is 14.3. The number of carbonyl (C=O) groups is 2. The molecule has 1 aliphatic rings. The molecule has 0 spiro atoms. The molecule has 22 heavy (non-hydrogen) atoms. The summed E-state index contributed by atoms with van der Waals surface area (Å²) in [5.41, 5.74) is 2.92. The van der Waals surface area contributed by atoms with Crippen LogP contribution in [0.5, 0.6) is 0 Å². The van der Waals surface area contributed by atoms with E-state index in [0.29, 0.717) is 17.9 Å². The lowest BCUT2D eigenvalue weighted by Crippen LogP contribution is -2.34. The van der Waals surface area contributed by atoms with Crippen molar-refractivity contribution in [3.05, 3.63) is 47.3 Å². The van der Waals surface area contributed by atoms with Gasteiger partial charge in [-0.2, -0.15) is 5.10 Å². The van der Waals surface area contributed by atoms with Gasteiger partial charge in [-0.05, 0) is 12.1 Å². The average Bonchev–Trinajstić information content (AvgIpc) is 2.98. The standard InChI is InChI=1S/C15H17N5O2/c21-13(18-10-4-2-1-3-5-10)9-17-15(22)14-11-8-16-7-6-12(11)19-20-14/h1-5,16H,6-9H2,(H,17,22)(H,18,21)(H,19,20). The number of fused-ring (bicyclic) bond motifs is 1. The van der Waals surface area contributed by atoms with E-state index in [1.165, 1.54) is 0 Å². The van der Waals surface area contributed by atoms with E-state index in [0.717, 1.165) is 24.2 Å². The van der Waals surface area contributed by atoms with Crippen molar-refractivity contribution in [2.45, 2.75) is 13.0 Å². The SMILES string of the molecule is O=C(CNC(=O)c1n[nH]c2c1CNCC2)Nc1ccccc1. The van der Waals surface area contributed by atoms with Gasteiger partial charge in [0.25, 0.3) is 5.91 Å². The number of benzene rings is 1. The number of para-hydroxylation sites is 1. The molecule has 2 amide bonds. The number of aromatic nitrogens is 2. The van der Waals surface area contributed by atoms with E-state index in [1.807, 2.05) is 18.2 Å². The number of nitrogens with zero attached hydrogens (tertiary/aromatic N) is 1. The highest BCUT2D eigenvalue weighted by atomic mass is 16.2. The first-order valence-corrected chi connectivity index (χ1v) is 7.14. The molecule has 0 radical (unpaired) electrons. The zero-order valence-electron chi connectivity index (χ0n) is 12.0. The summed E-state index contributed by atoms with van der Waals surface area (Å²) in [6.45, 7) is 1.39. The first-order chi connectivity index (χ1) is 10.7. The van der Waals surface area contributed by atoms with Crippen LogP contribution in [0.3, 0.4) is 0 Å². The third-order valence-electron chi connectivity index (χ3n) is 3.49. The van der Waals surface area contributed by atoms with E-state index >= 15 is 0 Å². The Morgan fingerprint density at radius 2 is 2.05 bits per heavy atom. The summed E-state index contributed by atoms with van der Waals surface area (Å²) in [4.78, 5) is 23.9. The van der Waals surface area contributed by atoms with Crippen LogP contribution < -0.4 is 16.0 Å². The summed E-state index contributed by atoms with van der Waals surface area (Å²) in [5.74, 6) is -0.619. The molecular weight excluding hydrogens is 282 g/mol. The van der Waals surface area contributed by atoms with Gasteiger partial charge in [-0.25, -0.2) is 0 Å². The molecule has 1 aromatic carbocycles. The normalized spacial score (nSPS) is 13.3. The second-order valence-corrected chi connectivity index (χ2v) is 5.05. The highest BCUT2D eigenvalue weighted by Crippen LogP contribution is 2.14. The molecule has 0 fully saturated rings. The highest BCUT2D eigenvalue weighted by molar-refractivity contribution is 5.99. The van der Waals surface area contributed by atoms with Crippen LogP contribution in [0.15, 0.2) is 30.3 Å². The molecule has 0 unspecified atom stereocenters. The van der Waals surface area contributed by atoms with Crippen molar-refractivity contribution in [2.24, 2.45) is 0 Å². The molecule has 0 saturated carbocycles. The number of H-pyrrole nitrogens is 1. The number of carbonyl (C=O) groups excluding carboxylic acids is 2. The van der Waals surface area contributed by atoms with Crippen LogP contribution in [-0.2, 0) is 17.8 Å². The highest BCUT2D eigenvalue weighted by Gasteiger charge is 2.21. The second-order valence-electron chi connectivity index (χ2n) is 5.05. The maximum Gasteiger partial charge on any atom is 0.272 e. The van der Waals surface area contributed by atoms with Crippen molar-refractivity contribution < 1.29 is 9.59 Å². The molecule has 2 aromatic rings. The van der Waals surface area contributed by atoms with Crippen LogP contribution >= 0.6 is 0 Å². The van der Waals surface area contributed by atoms with Crippen molar-refractivity contribution in [3.63, 3.8) is 0 Å². The predicted octanol–water partition coefficient (Wildman–Crippen LogP) is 0.424. The number of amides is 2. The minimum absolute atomic E-state index is 0.0945. The summed E-state index contributed by atoms with van der Waals surface area (Å²) >= 11 is 0. The van der Waals surface area contributed by atoms with Gasteiger partial charge >= 0.3 is 0 Å². The van der Waals surface area contributed by atoms with Gasteiger partial charge in [0.05, 0.1) is 6.54 Å². The molecule has 0 saturated heterocycles. The Hall–Kier alpha value is -2.67. The minimum Gasteiger partial charge on any atom is -0.342 e. The van der Waals surface area contributed by atoms with Crippen molar-refractivity contribution >= 4 is 17.5 Å². The molecule has 7 nitrogen and oxygen atoms in total. The lowest BCUT2D eigenvalue weighted by molar-refractivity contribution is -0.115. The molecule has 114 valence electrons. The van der Waals surface area contributed by atoms with Crippen LogP contribution in [0.1, 0.15) is 21.7 Å². The van der Waals surface area contributed by atoms with Gasteiger partial charge in [0.1, 0.15) is 0 Å². The van der Waals surface area contributed by atoms with Crippen LogP contribution in [-0.4, -0.2) is 35.1 Å². The Kier molecular flexibility index (Phi) is 4.15. The topological polar surface area (TPSA) is 98.9 Å². The van der Waals surface area contributed by atoms with Gasteiger partial charge in [0, 0.05) is 36.5 Å². The molecule has 3 rings (SSSR count). The Bertz CT molecular complexity index is 680. The zero-order valence-corrected chi connectivity index (χ0v) is 12.0. The molecule has 7 heteroatoms. The quantitative estimate of drug-likeness (QED) is 0.657. The first-order valence-electron chi connectivity index (χ1n) is 7.14. The molecule has 4 N–H and O–H groups in total. The maximum atomic E-state index is 12.1. The minimum atomic E-state index is -0.343. The summed E-state index contributed by atoms with van der Waals surface area (Å²) in [7, 11) is 0. The smallest absolute Gasteiger partial charge is 0.272 e. The van der Waals surface area contributed by atoms with Gasteiger partial charge < -0.3 is 16.0 Å². The van der Waals surface area contributed by atoms with E-state index in [-0.39, 0.29) is 18.4 Å². The monoisotopic (exact) mass is 299 g/mol. The number of rotatable bonds is 4. The fraction of sp³-hybridized carbons (Fsp3) is 0.267. The fourth-order valence-corrected chi connectivity index (χ4v) is 2.38. The summed E-state index contributed by atoms with van der Waals surface area (Å²) in [5, 5.41) is 15.4. The van der Waals surface area contributed by atoms with E-state index < -0.39 is 0 Å². The van der Waals surface area contributed by atoms with E-state index in [2.05, 4.69) is 26.1 Å². The van der Waals surface area contributed by atoms with Crippen molar-refractivity contribution in [3.8, 4) is 0 Å². The largest absolute Gasteiger partial charge is 0.342 e. The van der Waals surface area contributed by atoms with Gasteiger partial charge in [-0.15, -0.1) is 0 Å². The Balaban J connectivity index is 1.56. The average molecular weight is 299 g/mol.